The van der Waals surface area contributed by atoms with Crippen LogP contribution >= 0.6 is 0 Å². The maximum Gasteiger partial charge on any atom is -0.0190 e. The molecule has 0 aliphatic heterocycles. The van der Waals surface area contributed by atoms with Gasteiger partial charge < -0.3 is 0 Å². The minimum absolute atomic E-state index is 0.728. The van der Waals surface area contributed by atoms with Crippen LogP contribution in [0.25, 0.3) is 0 Å². The van der Waals surface area contributed by atoms with E-state index in [1.54, 1.807) is 0 Å². The molecule has 0 nitrogen and oxygen atoms in total. The molecule has 0 aliphatic carbocycles. The first-order valence-electron chi connectivity index (χ1n) is 5.89. The fourth-order valence-corrected chi connectivity index (χ4v) is 1.46. The molecule has 0 radical (unpaired) electrons. The van der Waals surface area contributed by atoms with Gasteiger partial charge in [-0.1, -0.05) is 70.9 Å². The normalized spacial score (nSPS) is 11.4. The van der Waals surface area contributed by atoms with Crippen LogP contribution in [0.2, 0.25) is 0 Å². The van der Waals surface area contributed by atoms with E-state index in [9.17, 15) is 0 Å². The fourth-order valence-electron chi connectivity index (χ4n) is 1.46. The van der Waals surface area contributed by atoms with Crippen LogP contribution in [0.4, 0.5) is 0 Å². The van der Waals surface area contributed by atoms with Crippen LogP contribution in [-0.4, -0.2) is 0 Å². The summed E-state index contributed by atoms with van der Waals surface area (Å²) in [5, 5.41) is 0. The van der Waals surface area contributed by atoms with E-state index in [-0.39, 0.29) is 0 Å². The second kappa shape index (κ2) is 8.80. The van der Waals surface area contributed by atoms with Gasteiger partial charge in [0, 0.05) is 0 Å². The summed E-state index contributed by atoms with van der Waals surface area (Å²) in [6.45, 7) is 8.56. The second-order valence-electron chi connectivity index (χ2n) is 3.45. The van der Waals surface area contributed by atoms with E-state index in [1.807, 2.05) is 13.8 Å². The molecule has 14 heavy (non-hydrogen) atoms. The minimum Gasteiger partial charge on any atom is -0.0683 e. The lowest BCUT2D eigenvalue weighted by Crippen LogP contribution is -1.92. The SMILES string of the molecule is CC.CCCCC(C)c1ccccc1. The lowest BCUT2D eigenvalue weighted by atomic mass is 9.96. The van der Waals surface area contributed by atoms with Crippen LogP contribution in [-0.2, 0) is 0 Å². The number of unbranched alkanes of at least 4 members (excludes halogenated alkanes) is 1. The van der Waals surface area contributed by atoms with Crippen LogP contribution in [0.3, 0.4) is 0 Å². The molecule has 0 amide bonds. The Labute approximate surface area is 89.4 Å². The molecule has 1 aromatic carbocycles. The number of hydrogen-bond donors (Lipinski definition) is 0. The first kappa shape index (κ1) is 13.2. The van der Waals surface area contributed by atoms with Gasteiger partial charge in [-0.05, 0) is 17.9 Å². The van der Waals surface area contributed by atoms with E-state index >= 15 is 0 Å². The van der Waals surface area contributed by atoms with Crippen molar-refractivity contribution >= 4 is 0 Å². The molecule has 0 aromatic heterocycles. The van der Waals surface area contributed by atoms with Gasteiger partial charge in [0.2, 0.25) is 0 Å². The number of hydrogen-bond acceptors (Lipinski definition) is 0. The fraction of sp³-hybridized carbons (Fsp3) is 0.571. The highest BCUT2D eigenvalue weighted by Crippen LogP contribution is 2.20. The first-order valence-corrected chi connectivity index (χ1v) is 5.89. The van der Waals surface area contributed by atoms with Crippen LogP contribution in [0, 0.1) is 0 Å². The molecule has 0 N–H and O–H groups in total. The van der Waals surface area contributed by atoms with Crippen LogP contribution < -0.4 is 0 Å². The summed E-state index contributed by atoms with van der Waals surface area (Å²) in [5.74, 6) is 0.728. The van der Waals surface area contributed by atoms with Crippen molar-refractivity contribution in [2.45, 2.75) is 52.9 Å². The molecule has 1 rings (SSSR count). The minimum atomic E-state index is 0.728. The summed E-state index contributed by atoms with van der Waals surface area (Å²) in [4.78, 5) is 0. The third kappa shape index (κ3) is 5.06. The summed E-state index contributed by atoms with van der Waals surface area (Å²) in [7, 11) is 0. The molecule has 0 saturated carbocycles. The van der Waals surface area contributed by atoms with E-state index in [0.29, 0.717) is 0 Å². The van der Waals surface area contributed by atoms with E-state index in [1.165, 1.54) is 24.8 Å². The van der Waals surface area contributed by atoms with Gasteiger partial charge in [-0.15, -0.1) is 0 Å². The topological polar surface area (TPSA) is 0 Å². The average molecular weight is 192 g/mol. The summed E-state index contributed by atoms with van der Waals surface area (Å²) in [5.41, 5.74) is 1.48. The molecular weight excluding hydrogens is 168 g/mol. The Morgan fingerprint density at radius 2 is 1.64 bits per heavy atom. The largest absolute Gasteiger partial charge is 0.0683 e. The highest BCUT2D eigenvalue weighted by Gasteiger charge is 2.02. The Balaban J connectivity index is 0.000000791. The van der Waals surface area contributed by atoms with Gasteiger partial charge in [0.15, 0.2) is 0 Å². The summed E-state index contributed by atoms with van der Waals surface area (Å²) >= 11 is 0. The van der Waals surface area contributed by atoms with Gasteiger partial charge in [0.1, 0.15) is 0 Å². The standard InChI is InChI=1S/C12H18.C2H6/c1-3-4-8-11(2)12-9-6-5-7-10-12;1-2/h5-7,9-11H,3-4,8H2,1-2H3;1-2H3. The Morgan fingerprint density at radius 1 is 1.07 bits per heavy atom. The predicted molar refractivity (Wildman–Crippen MR) is 65.7 cm³/mol. The van der Waals surface area contributed by atoms with E-state index < -0.39 is 0 Å². The average Bonchev–Trinajstić information content (AvgIpc) is 2.30. The summed E-state index contributed by atoms with van der Waals surface area (Å²) in [6.07, 6.45) is 3.97. The molecule has 1 aromatic rings. The molecule has 1 unspecified atom stereocenters. The van der Waals surface area contributed by atoms with Crippen molar-refractivity contribution in [2.75, 3.05) is 0 Å². The van der Waals surface area contributed by atoms with Gasteiger partial charge in [0.05, 0.1) is 0 Å². The summed E-state index contributed by atoms with van der Waals surface area (Å²) in [6, 6.07) is 10.8. The van der Waals surface area contributed by atoms with Crippen LogP contribution in [0.15, 0.2) is 30.3 Å². The van der Waals surface area contributed by atoms with Crippen molar-refractivity contribution in [3.8, 4) is 0 Å². The van der Waals surface area contributed by atoms with Crippen molar-refractivity contribution in [2.24, 2.45) is 0 Å². The monoisotopic (exact) mass is 192 g/mol. The molecule has 0 bridgehead atoms. The zero-order chi connectivity index (χ0) is 10.8. The van der Waals surface area contributed by atoms with E-state index in [2.05, 4.69) is 44.2 Å². The van der Waals surface area contributed by atoms with Gasteiger partial charge in [-0.25, -0.2) is 0 Å². The Morgan fingerprint density at radius 3 is 2.14 bits per heavy atom. The molecule has 0 heteroatoms. The van der Waals surface area contributed by atoms with Crippen LogP contribution in [0.1, 0.15) is 58.4 Å². The van der Waals surface area contributed by atoms with Crippen LogP contribution in [0.5, 0.6) is 0 Å². The second-order valence-corrected chi connectivity index (χ2v) is 3.45. The molecular formula is C14H24. The zero-order valence-electron chi connectivity index (χ0n) is 10.1. The Bertz CT molecular complexity index is 201. The third-order valence-electron chi connectivity index (χ3n) is 2.36. The number of benzene rings is 1. The van der Waals surface area contributed by atoms with E-state index in [4.69, 9.17) is 0 Å². The highest BCUT2D eigenvalue weighted by molar-refractivity contribution is 5.18. The number of rotatable bonds is 4. The van der Waals surface area contributed by atoms with Crippen molar-refractivity contribution in [3.05, 3.63) is 35.9 Å². The van der Waals surface area contributed by atoms with Gasteiger partial charge in [-0.3, -0.25) is 0 Å². The molecule has 0 spiro atoms. The van der Waals surface area contributed by atoms with Crippen molar-refractivity contribution in [3.63, 3.8) is 0 Å². The molecule has 0 fully saturated rings. The molecule has 0 aliphatic rings. The molecule has 0 heterocycles. The Hall–Kier alpha value is -0.780. The summed E-state index contributed by atoms with van der Waals surface area (Å²) < 4.78 is 0. The zero-order valence-corrected chi connectivity index (χ0v) is 10.1. The third-order valence-corrected chi connectivity index (χ3v) is 2.36. The van der Waals surface area contributed by atoms with Crippen molar-refractivity contribution < 1.29 is 0 Å². The van der Waals surface area contributed by atoms with E-state index in [0.717, 1.165) is 5.92 Å². The Kier molecular flexibility index (Phi) is 8.31. The predicted octanol–water partition coefficient (Wildman–Crippen LogP) is 5.01. The maximum atomic E-state index is 2.31. The molecule has 0 saturated heterocycles. The van der Waals surface area contributed by atoms with Crippen molar-refractivity contribution in [1.29, 1.82) is 0 Å². The smallest absolute Gasteiger partial charge is 0.0190 e. The quantitative estimate of drug-likeness (QED) is 0.629. The molecule has 1 atom stereocenters. The van der Waals surface area contributed by atoms with Crippen molar-refractivity contribution in [1.82, 2.24) is 0 Å². The first-order chi connectivity index (χ1) is 6.84. The maximum absolute atomic E-state index is 2.31. The lowest BCUT2D eigenvalue weighted by Gasteiger charge is -2.10. The van der Waals surface area contributed by atoms with Gasteiger partial charge in [-0.2, -0.15) is 0 Å². The molecule has 80 valence electrons. The van der Waals surface area contributed by atoms with Gasteiger partial charge in [0.25, 0.3) is 0 Å². The highest BCUT2D eigenvalue weighted by atomic mass is 14.1. The van der Waals surface area contributed by atoms with Gasteiger partial charge >= 0.3 is 0 Å². The lowest BCUT2D eigenvalue weighted by molar-refractivity contribution is 0.624.